The maximum absolute atomic E-state index is 5.42. The van der Waals surface area contributed by atoms with Gasteiger partial charge in [-0.25, -0.2) is 0 Å². The monoisotopic (exact) mass is 200 g/mol. The molecule has 0 heterocycles. The van der Waals surface area contributed by atoms with E-state index in [1.165, 1.54) is 38.6 Å². The van der Waals surface area contributed by atoms with Gasteiger partial charge in [0.1, 0.15) is 0 Å². The molecule has 14 heavy (non-hydrogen) atoms. The molecule has 0 saturated heterocycles. The molecule has 0 amide bonds. The average molecular weight is 200 g/mol. The summed E-state index contributed by atoms with van der Waals surface area (Å²) in [6, 6.07) is 0. The third-order valence-electron chi connectivity index (χ3n) is 2.34. The Labute approximate surface area is 89.6 Å². The van der Waals surface area contributed by atoms with Gasteiger partial charge in [-0.3, -0.25) is 0 Å². The van der Waals surface area contributed by atoms with Crippen LogP contribution in [0.3, 0.4) is 0 Å². The Morgan fingerprint density at radius 2 is 1.57 bits per heavy atom. The zero-order chi connectivity index (χ0) is 10.9. The highest BCUT2D eigenvalue weighted by molar-refractivity contribution is 4.62. The maximum atomic E-state index is 5.42. The lowest BCUT2D eigenvalue weighted by Crippen LogP contribution is -2.18. The fourth-order valence-corrected chi connectivity index (χ4v) is 1.44. The van der Waals surface area contributed by atoms with E-state index in [2.05, 4.69) is 26.1 Å². The first-order chi connectivity index (χ1) is 6.56. The molecule has 86 valence electrons. The Morgan fingerprint density at radius 3 is 2.14 bits per heavy atom. The largest absolute Gasteiger partial charge is 0.330 e. The molecule has 0 unspecified atom stereocenters. The summed E-state index contributed by atoms with van der Waals surface area (Å²) >= 11 is 0. The summed E-state index contributed by atoms with van der Waals surface area (Å²) in [7, 11) is 0. The molecule has 0 aliphatic rings. The summed E-state index contributed by atoms with van der Waals surface area (Å²) in [6.45, 7) is 10.1. The zero-order valence-electron chi connectivity index (χ0n) is 10.2. The van der Waals surface area contributed by atoms with Crippen LogP contribution in [-0.2, 0) is 0 Å². The van der Waals surface area contributed by atoms with Gasteiger partial charge in [-0.05, 0) is 50.7 Å². The SMILES string of the molecule is CC(C)(C)CCCNCCCCCN. The van der Waals surface area contributed by atoms with E-state index >= 15 is 0 Å². The van der Waals surface area contributed by atoms with Crippen LogP contribution in [0.5, 0.6) is 0 Å². The van der Waals surface area contributed by atoms with Crippen LogP contribution in [0, 0.1) is 5.41 Å². The van der Waals surface area contributed by atoms with Gasteiger partial charge in [0, 0.05) is 0 Å². The van der Waals surface area contributed by atoms with Gasteiger partial charge in [0.15, 0.2) is 0 Å². The zero-order valence-corrected chi connectivity index (χ0v) is 10.2. The number of hydrogen-bond donors (Lipinski definition) is 2. The van der Waals surface area contributed by atoms with E-state index in [4.69, 9.17) is 5.73 Å². The third kappa shape index (κ3) is 11.9. The highest BCUT2D eigenvalue weighted by Gasteiger charge is 2.08. The normalized spacial score (nSPS) is 12.0. The summed E-state index contributed by atoms with van der Waals surface area (Å²) in [5.41, 5.74) is 5.91. The lowest BCUT2D eigenvalue weighted by atomic mass is 9.91. The van der Waals surface area contributed by atoms with E-state index in [1.807, 2.05) is 0 Å². The maximum Gasteiger partial charge on any atom is -0.00487 e. The molecule has 0 atom stereocenters. The molecule has 3 N–H and O–H groups in total. The summed E-state index contributed by atoms with van der Waals surface area (Å²) in [5, 5.41) is 3.48. The van der Waals surface area contributed by atoms with Gasteiger partial charge in [0.2, 0.25) is 0 Å². The molecular formula is C12H28N2. The van der Waals surface area contributed by atoms with Crippen LogP contribution < -0.4 is 11.1 Å². The molecule has 2 nitrogen and oxygen atoms in total. The number of nitrogens with two attached hydrogens (primary N) is 1. The second-order valence-corrected chi connectivity index (χ2v) is 5.26. The van der Waals surface area contributed by atoms with Crippen molar-refractivity contribution in [1.82, 2.24) is 5.32 Å². The standard InChI is InChI=1S/C12H28N2/c1-12(2,3)8-7-11-14-10-6-4-5-9-13/h14H,4-11,13H2,1-3H3. The van der Waals surface area contributed by atoms with Crippen LogP contribution in [0.4, 0.5) is 0 Å². The molecule has 0 saturated carbocycles. The highest BCUT2D eigenvalue weighted by atomic mass is 14.8. The van der Waals surface area contributed by atoms with Gasteiger partial charge in [0.05, 0.1) is 0 Å². The summed E-state index contributed by atoms with van der Waals surface area (Å²) in [6.07, 6.45) is 6.31. The first-order valence-electron chi connectivity index (χ1n) is 5.97. The van der Waals surface area contributed by atoms with Crippen molar-refractivity contribution < 1.29 is 0 Å². The smallest absolute Gasteiger partial charge is 0.00487 e. The van der Waals surface area contributed by atoms with Crippen LogP contribution in [0.25, 0.3) is 0 Å². The van der Waals surface area contributed by atoms with Crippen molar-refractivity contribution in [3.63, 3.8) is 0 Å². The van der Waals surface area contributed by atoms with E-state index in [1.54, 1.807) is 0 Å². The molecule has 0 bridgehead atoms. The molecule has 0 rings (SSSR count). The average Bonchev–Trinajstić information content (AvgIpc) is 2.08. The Balaban J connectivity index is 2.99. The first kappa shape index (κ1) is 13.9. The topological polar surface area (TPSA) is 38.0 Å². The van der Waals surface area contributed by atoms with Crippen LogP contribution in [0.2, 0.25) is 0 Å². The predicted octanol–water partition coefficient (Wildman–Crippen LogP) is 2.53. The van der Waals surface area contributed by atoms with Crippen molar-refractivity contribution in [3.05, 3.63) is 0 Å². The summed E-state index contributed by atoms with van der Waals surface area (Å²) < 4.78 is 0. The Bertz CT molecular complexity index is 116. The van der Waals surface area contributed by atoms with Crippen molar-refractivity contribution >= 4 is 0 Å². The molecule has 0 radical (unpaired) electrons. The Kier molecular flexibility index (Phi) is 8.20. The quantitative estimate of drug-likeness (QED) is 0.591. The number of rotatable bonds is 8. The lowest BCUT2D eigenvalue weighted by molar-refractivity contribution is 0.360. The van der Waals surface area contributed by atoms with Crippen LogP contribution in [-0.4, -0.2) is 19.6 Å². The van der Waals surface area contributed by atoms with Gasteiger partial charge in [-0.1, -0.05) is 27.2 Å². The number of hydrogen-bond acceptors (Lipinski definition) is 2. The minimum atomic E-state index is 0.487. The summed E-state index contributed by atoms with van der Waals surface area (Å²) in [5.74, 6) is 0. The highest BCUT2D eigenvalue weighted by Crippen LogP contribution is 2.19. The van der Waals surface area contributed by atoms with Gasteiger partial charge < -0.3 is 11.1 Å². The van der Waals surface area contributed by atoms with Crippen molar-refractivity contribution in [1.29, 1.82) is 0 Å². The van der Waals surface area contributed by atoms with Gasteiger partial charge in [-0.2, -0.15) is 0 Å². The molecule has 0 aliphatic carbocycles. The van der Waals surface area contributed by atoms with Crippen molar-refractivity contribution in [2.75, 3.05) is 19.6 Å². The van der Waals surface area contributed by atoms with Crippen molar-refractivity contribution in [3.8, 4) is 0 Å². The van der Waals surface area contributed by atoms with Crippen molar-refractivity contribution in [2.24, 2.45) is 11.1 Å². The second-order valence-electron chi connectivity index (χ2n) is 5.26. The van der Waals surface area contributed by atoms with E-state index in [0.717, 1.165) is 13.1 Å². The van der Waals surface area contributed by atoms with E-state index in [9.17, 15) is 0 Å². The molecule has 0 aromatic carbocycles. The fraction of sp³-hybridized carbons (Fsp3) is 1.00. The minimum Gasteiger partial charge on any atom is -0.330 e. The van der Waals surface area contributed by atoms with Gasteiger partial charge in [0.25, 0.3) is 0 Å². The van der Waals surface area contributed by atoms with Crippen LogP contribution in [0.1, 0.15) is 52.9 Å². The first-order valence-corrected chi connectivity index (χ1v) is 5.97. The Hall–Kier alpha value is -0.0800. The Morgan fingerprint density at radius 1 is 0.929 bits per heavy atom. The van der Waals surface area contributed by atoms with Crippen molar-refractivity contribution in [2.45, 2.75) is 52.9 Å². The lowest BCUT2D eigenvalue weighted by Gasteiger charge is -2.17. The molecule has 0 aromatic heterocycles. The molecule has 0 aliphatic heterocycles. The number of unbranched alkanes of at least 4 members (excludes halogenated alkanes) is 2. The molecular weight excluding hydrogens is 172 g/mol. The van der Waals surface area contributed by atoms with Crippen LogP contribution in [0.15, 0.2) is 0 Å². The molecule has 0 spiro atoms. The fourth-order valence-electron chi connectivity index (χ4n) is 1.44. The second kappa shape index (κ2) is 8.25. The predicted molar refractivity (Wildman–Crippen MR) is 64.5 cm³/mol. The van der Waals surface area contributed by atoms with E-state index in [0.29, 0.717) is 5.41 Å². The van der Waals surface area contributed by atoms with E-state index in [-0.39, 0.29) is 0 Å². The van der Waals surface area contributed by atoms with Gasteiger partial charge >= 0.3 is 0 Å². The molecule has 0 aromatic rings. The summed E-state index contributed by atoms with van der Waals surface area (Å²) in [4.78, 5) is 0. The third-order valence-corrected chi connectivity index (χ3v) is 2.34. The van der Waals surface area contributed by atoms with Crippen LogP contribution >= 0.6 is 0 Å². The molecule has 2 heteroatoms. The number of nitrogens with one attached hydrogen (secondary N) is 1. The van der Waals surface area contributed by atoms with Gasteiger partial charge in [-0.15, -0.1) is 0 Å². The molecule has 0 fully saturated rings. The minimum absolute atomic E-state index is 0.487. The van der Waals surface area contributed by atoms with E-state index < -0.39 is 0 Å².